The number of methoxy groups -OCH3 is 1. The van der Waals surface area contributed by atoms with E-state index in [9.17, 15) is 9.59 Å². The number of benzene rings is 2. The van der Waals surface area contributed by atoms with Gasteiger partial charge in [0.1, 0.15) is 5.75 Å². The number of piperidine rings is 1. The van der Waals surface area contributed by atoms with Gasteiger partial charge in [-0.2, -0.15) is 0 Å². The van der Waals surface area contributed by atoms with Crippen LogP contribution in [0, 0.1) is 5.92 Å². The third-order valence-electron chi connectivity index (χ3n) is 7.58. The molecule has 1 aliphatic carbocycles. The first kappa shape index (κ1) is 23.3. The number of nitrogens with zero attached hydrogens (tertiary/aromatic N) is 1. The van der Waals surface area contributed by atoms with Crippen molar-refractivity contribution < 1.29 is 14.3 Å². The number of amides is 2. The number of likely N-dealkylation sites (tertiary alicyclic amines) is 1. The molecule has 0 spiro atoms. The van der Waals surface area contributed by atoms with E-state index < -0.39 is 5.41 Å². The zero-order valence-electron chi connectivity index (χ0n) is 19.7. The molecule has 2 aromatic rings. The van der Waals surface area contributed by atoms with Gasteiger partial charge in [0.25, 0.3) is 0 Å². The van der Waals surface area contributed by atoms with Gasteiger partial charge in [0.05, 0.1) is 12.5 Å². The minimum absolute atomic E-state index is 0.0440. The molecule has 2 amide bonds. The lowest BCUT2D eigenvalue weighted by Crippen LogP contribution is -2.52. The Morgan fingerprint density at radius 3 is 2.30 bits per heavy atom. The van der Waals surface area contributed by atoms with Gasteiger partial charge in [0.2, 0.25) is 11.8 Å². The molecule has 2 aliphatic rings. The first-order valence-electron chi connectivity index (χ1n) is 12.4. The summed E-state index contributed by atoms with van der Waals surface area (Å²) in [4.78, 5) is 28.4. The normalized spacial score (nSPS) is 18.2. The summed E-state index contributed by atoms with van der Waals surface area (Å²) in [5.41, 5.74) is 1.47. The standard InChI is InChI=1S/C28H36N2O3/c1-33-25-14-11-23(12-15-25)21-29-27(32)28(24-9-3-2-4-10-24)17-19-30(20-18-28)26(31)16-13-22-7-5-6-8-22/h2-4,9-12,14-15,22H,5-8,13,16-21H2,1H3,(H,29,32). The summed E-state index contributed by atoms with van der Waals surface area (Å²) in [6.07, 6.45) is 8.15. The van der Waals surface area contributed by atoms with Crippen molar-refractivity contribution in [1.29, 1.82) is 0 Å². The Hall–Kier alpha value is -2.82. The lowest BCUT2D eigenvalue weighted by molar-refractivity contribution is -0.137. The summed E-state index contributed by atoms with van der Waals surface area (Å²) in [7, 11) is 1.65. The van der Waals surface area contributed by atoms with Crippen molar-refractivity contribution in [2.45, 2.75) is 63.3 Å². The summed E-state index contributed by atoms with van der Waals surface area (Å²) in [5, 5.41) is 3.17. The number of carbonyl (C=O) groups excluding carboxylic acids is 2. The number of ether oxygens (including phenoxy) is 1. The number of nitrogens with one attached hydrogen (secondary N) is 1. The summed E-state index contributed by atoms with van der Waals surface area (Å²) in [5.74, 6) is 1.83. The molecule has 176 valence electrons. The zero-order chi connectivity index (χ0) is 23.1. The topological polar surface area (TPSA) is 58.6 Å². The van der Waals surface area contributed by atoms with Crippen LogP contribution in [0.15, 0.2) is 54.6 Å². The van der Waals surface area contributed by atoms with Crippen LogP contribution in [0.4, 0.5) is 0 Å². The van der Waals surface area contributed by atoms with E-state index in [1.165, 1.54) is 25.7 Å². The van der Waals surface area contributed by atoms with E-state index >= 15 is 0 Å². The molecule has 0 atom stereocenters. The molecule has 1 heterocycles. The molecule has 4 rings (SSSR count). The van der Waals surface area contributed by atoms with E-state index in [2.05, 4.69) is 5.32 Å². The van der Waals surface area contributed by atoms with Crippen LogP contribution in [0.25, 0.3) is 0 Å². The summed E-state index contributed by atoms with van der Waals surface area (Å²) in [6, 6.07) is 17.8. The first-order valence-corrected chi connectivity index (χ1v) is 12.4. The highest BCUT2D eigenvalue weighted by molar-refractivity contribution is 5.89. The molecular formula is C28H36N2O3. The SMILES string of the molecule is COc1ccc(CNC(=O)C2(c3ccccc3)CCN(C(=O)CCC3CCCC3)CC2)cc1. The van der Waals surface area contributed by atoms with Crippen LogP contribution in [0.5, 0.6) is 5.75 Å². The van der Waals surface area contributed by atoms with Crippen molar-refractivity contribution >= 4 is 11.8 Å². The number of carbonyl (C=O) groups is 2. The monoisotopic (exact) mass is 448 g/mol. The average molecular weight is 449 g/mol. The minimum Gasteiger partial charge on any atom is -0.497 e. The summed E-state index contributed by atoms with van der Waals surface area (Å²) >= 11 is 0. The Labute approximate surface area is 197 Å². The highest BCUT2D eigenvalue weighted by Crippen LogP contribution is 2.37. The molecule has 5 nitrogen and oxygen atoms in total. The van der Waals surface area contributed by atoms with Crippen molar-refractivity contribution in [1.82, 2.24) is 10.2 Å². The van der Waals surface area contributed by atoms with Gasteiger partial charge >= 0.3 is 0 Å². The van der Waals surface area contributed by atoms with Crippen LogP contribution in [0.1, 0.15) is 62.5 Å². The van der Waals surface area contributed by atoms with Gasteiger partial charge in [-0.1, -0.05) is 68.1 Å². The van der Waals surface area contributed by atoms with E-state index in [1.54, 1.807) is 7.11 Å². The molecule has 1 saturated carbocycles. The maximum Gasteiger partial charge on any atom is 0.231 e. The molecule has 2 aromatic carbocycles. The molecular weight excluding hydrogens is 412 g/mol. The highest BCUT2D eigenvalue weighted by atomic mass is 16.5. The van der Waals surface area contributed by atoms with Gasteiger partial charge in [0, 0.05) is 26.1 Å². The fourth-order valence-corrected chi connectivity index (χ4v) is 5.42. The van der Waals surface area contributed by atoms with Crippen molar-refractivity contribution in [3.05, 3.63) is 65.7 Å². The first-order chi connectivity index (χ1) is 16.1. The molecule has 33 heavy (non-hydrogen) atoms. The molecule has 0 bridgehead atoms. The Kier molecular flexibility index (Phi) is 7.69. The van der Waals surface area contributed by atoms with Crippen LogP contribution in [0.2, 0.25) is 0 Å². The Bertz CT molecular complexity index is 912. The molecule has 2 fully saturated rings. The van der Waals surface area contributed by atoms with Crippen LogP contribution in [-0.2, 0) is 21.5 Å². The molecule has 0 aromatic heterocycles. The van der Waals surface area contributed by atoms with Gasteiger partial charge in [-0.25, -0.2) is 0 Å². The van der Waals surface area contributed by atoms with Gasteiger partial charge in [-0.05, 0) is 48.4 Å². The van der Waals surface area contributed by atoms with Crippen molar-refractivity contribution in [2.75, 3.05) is 20.2 Å². The second-order valence-corrected chi connectivity index (χ2v) is 9.55. The molecule has 1 saturated heterocycles. The van der Waals surface area contributed by atoms with Gasteiger partial charge in [-0.15, -0.1) is 0 Å². The molecule has 1 aliphatic heterocycles. The van der Waals surface area contributed by atoms with Crippen molar-refractivity contribution in [3.63, 3.8) is 0 Å². The molecule has 5 heteroatoms. The van der Waals surface area contributed by atoms with Crippen molar-refractivity contribution in [3.8, 4) is 5.75 Å². The fraction of sp³-hybridized carbons (Fsp3) is 0.500. The third kappa shape index (κ3) is 5.58. The number of hydrogen-bond acceptors (Lipinski definition) is 3. The largest absolute Gasteiger partial charge is 0.497 e. The van der Waals surface area contributed by atoms with E-state index in [4.69, 9.17) is 4.74 Å². The van der Waals surface area contributed by atoms with E-state index in [-0.39, 0.29) is 11.8 Å². The van der Waals surface area contributed by atoms with Gasteiger partial charge < -0.3 is 15.0 Å². The summed E-state index contributed by atoms with van der Waals surface area (Å²) in [6.45, 7) is 1.74. The maximum atomic E-state index is 13.6. The zero-order valence-corrected chi connectivity index (χ0v) is 19.7. The average Bonchev–Trinajstić information content (AvgIpc) is 3.40. The van der Waals surface area contributed by atoms with Gasteiger partial charge in [-0.3, -0.25) is 9.59 Å². The Balaban J connectivity index is 1.40. The molecule has 0 radical (unpaired) electrons. The van der Waals surface area contributed by atoms with Crippen LogP contribution < -0.4 is 10.1 Å². The van der Waals surface area contributed by atoms with Gasteiger partial charge in [0.15, 0.2) is 0 Å². The fourth-order valence-electron chi connectivity index (χ4n) is 5.42. The maximum absolute atomic E-state index is 13.6. The number of rotatable bonds is 8. The highest BCUT2D eigenvalue weighted by Gasteiger charge is 2.43. The third-order valence-corrected chi connectivity index (χ3v) is 7.58. The summed E-state index contributed by atoms with van der Waals surface area (Å²) < 4.78 is 5.22. The molecule has 0 unspecified atom stereocenters. The second kappa shape index (κ2) is 10.9. The predicted octanol–water partition coefficient (Wildman–Crippen LogP) is 4.84. The van der Waals surface area contributed by atoms with Crippen LogP contribution in [0.3, 0.4) is 0 Å². The van der Waals surface area contributed by atoms with Crippen molar-refractivity contribution in [2.24, 2.45) is 5.92 Å². The second-order valence-electron chi connectivity index (χ2n) is 9.55. The quantitative estimate of drug-likeness (QED) is 0.629. The van der Waals surface area contributed by atoms with Crippen LogP contribution >= 0.6 is 0 Å². The van der Waals surface area contributed by atoms with E-state index in [0.717, 1.165) is 29.2 Å². The lowest BCUT2D eigenvalue weighted by atomic mass is 9.72. The predicted molar refractivity (Wildman–Crippen MR) is 130 cm³/mol. The Morgan fingerprint density at radius 2 is 1.67 bits per heavy atom. The minimum atomic E-state index is -0.601. The van der Waals surface area contributed by atoms with E-state index in [1.807, 2.05) is 59.5 Å². The van der Waals surface area contributed by atoms with Crippen LogP contribution in [-0.4, -0.2) is 36.9 Å². The van der Waals surface area contributed by atoms with E-state index in [0.29, 0.717) is 38.9 Å². The lowest BCUT2D eigenvalue weighted by Gasteiger charge is -2.41. The smallest absolute Gasteiger partial charge is 0.231 e. The molecule has 1 N–H and O–H groups in total. The Morgan fingerprint density at radius 1 is 1.00 bits per heavy atom. The number of hydrogen-bond donors (Lipinski definition) is 1.